The zero-order valence-corrected chi connectivity index (χ0v) is 7.26. The zero-order valence-electron chi connectivity index (χ0n) is 7.26. The third-order valence-corrected chi connectivity index (χ3v) is 2.81. The molecule has 64 valence electrons. The van der Waals surface area contributed by atoms with Crippen LogP contribution in [0.4, 0.5) is 0 Å². The molecule has 2 nitrogen and oxygen atoms in total. The molecule has 0 N–H and O–H groups in total. The topological polar surface area (TPSA) is 6.48 Å². The van der Waals surface area contributed by atoms with Crippen molar-refractivity contribution in [3.05, 3.63) is 0 Å². The smallest absolute Gasteiger partial charge is 0.0133 e. The van der Waals surface area contributed by atoms with Gasteiger partial charge in [-0.25, -0.2) is 10.0 Å². The van der Waals surface area contributed by atoms with Crippen LogP contribution in [-0.2, 0) is 0 Å². The number of nitrogens with zero attached hydrogens (tertiary/aromatic N) is 2. The largest absolute Gasteiger partial charge is 0.242 e. The summed E-state index contributed by atoms with van der Waals surface area (Å²) in [5, 5.41) is 5.12. The fourth-order valence-electron chi connectivity index (χ4n) is 2.14. The predicted octanol–water partition coefficient (Wildman–Crippen LogP) is 1.48. The third-order valence-electron chi connectivity index (χ3n) is 2.81. The molecule has 2 heteroatoms. The highest BCUT2D eigenvalue weighted by molar-refractivity contribution is 4.68. The summed E-state index contributed by atoms with van der Waals surface area (Å²) in [4.78, 5) is 0. The molecule has 0 aliphatic carbocycles. The van der Waals surface area contributed by atoms with Crippen molar-refractivity contribution >= 4 is 0 Å². The summed E-state index contributed by atoms with van der Waals surface area (Å²) in [6.45, 7) is 5.28. The van der Waals surface area contributed by atoms with Crippen molar-refractivity contribution in [2.45, 2.75) is 32.1 Å². The summed E-state index contributed by atoms with van der Waals surface area (Å²) >= 11 is 0. The van der Waals surface area contributed by atoms with Gasteiger partial charge in [0.15, 0.2) is 0 Å². The first-order valence-electron chi connectivity index (χ1n) is 4.96. The van der Waals surface area contributed by atoms with Gasteiger partial charge in [-0.3, -0.25) is 0 Å². The van der Waals surface area contributed by atoms with Gasteiger partial charge in [0.1, 0.15) is 0 Å². The first-order valence-corrected chi connectivity index (χ1v) is 4.96. The van der Waals surface area contributed by atoms with Crippen molar-refractivity contribution in [1.29, 1.82) is 0 Å². The summed E-state index contributed by atoms with van der Waals surface area (Å²) in [6, 6.07) is 0. The molecule has 2 aliphatic heterocycles. The van der Waals surface area contributed by atoms with E-state index in [0.717, 1.165) is 0 Å². The molecule has 2 fully saturated rings. The van der Waals surface area contributed by atoms with Crippen molar-refractivity contribution in [2.75, 3.05) is 26.2 Å². The minimum Gasteiger partial charge on any atom is -0.242 e. The molecule has 0 bridgehead atoms. The molecule has 2 aliphatic rings. The maximum Gasteiger partial charge on any atom is 0.0133 e. The molecule has 0 atom stereocenters. The van der Waals surface area contributed by atoms with Gasteiger partial charge in [0, 0.05) is 26.2 Å². The van der Waals surface area contributed by atoms with Crippen LogP contribution < -0.4 is 0 Å². The van der Waals surface area contributed by atoms with Crippen molar-refractivity contribution < 1.29 is 0 Å². The lowest BCUT2D eigenvalue weighted by molar-refractivity contribution is -0.0187. The molecule has 0 saturated carbocycles. The Bertz CT molecular complexity index is 113. The predicted molar refractivity (Wildman–Crippen MR) is 46.2 cm³/mol. The lowest BCUT2D eigenvalue weighted by Crippen LogP contribution is -2.43. The minimum absolute atomic E-state index is 1.32. The van der Waals surface area contributed by atoms with Crippen LogP contribution in [0.1, 0.15) is 32.1 Å². The average Bonchev–Trinajstić information content (AvgIpc) is 2.58. The van der Waals surface area contributed by atoms with Crippen LogP contribution in [0.15, 0.2) is 0 Å². The Hall–Kier alpha value is -0.0800. The fourth-order valence-corrected chi connectivity index (χ4v) is 2.14. The van der Waals surface area contributed by atoms with Gasteiger partial charge in [-0.1, -0.05) is 6.42 Å². The van der Waals surface area contributed by atoms with Crippen LogP contribution >= 0.6 is 0 Å². The van der Waals surface area contributed by atoms with Gasteiger partial charge in [0.2, 0.25) is 0 Å². The number of piperidine rings is 1. The molecule has 0 amide bonds. The van der Waals surface area contributed by atoms with E-state index < -0.39 is 0 Å². The van der Waals surface area contributed by atoms with E-state index in [9.17, 15) is 0 Å². The van der Waals surface area contributed by atoms with Gasteiger partial charge in [-0.05, 0) is 25.7 Å². The summed E-state index contributed by atoms with van der Waals surface area (Å²) in [7, 11) is 0. The van der Waals surface area contributed by atoms with E-state index in [-0.39, 0.29) is 0 Å². The number of rotatable bonds is 1. The van der Waals surface area contributed by atoms with Crippen molar-refractivity contribution in [1.82, 2.24) is 10.0 Å². The Balaban J connectivity index is 1.82. The average molecular weight is 154 g/mol. The van der Waals surface area contributed by atoms with Gasteiger partial charge in [0.05, 0.1) is 0 Å². The van der Waals surface area contributed by atoms with Crippen LogP contribution in [0.5, 0.6) is 0 Å². The Morgan fingerprint density at radius 1 is 0.455 bits per heavy atom. The number of hydrogen-bond acceptors (Lipinski definition) is 2. The molecule has 2 heterocycles. The molecule has 0 aromatic carbocycles. The Morgan fingerprint density at radius 3 is 1.27 bits per heavy atom. The van der Waals surface area contributed by atoms with Crippen molar-refractivity contribution in [2.24, 2.45) is 0 Å². The summed E-state index contributed by atoms with van der Waals surface area (Å²) < 4.78 is 0. The van der Waals surface area contributed by atoms with Crippen LogP contribution in [0.25, 0.3) is 0 Å². The molecule has 2 saturated heterocycles. The van der Waals surface area contributed by atoms with E-state index in [1.54, 1.807) is 0 Å². The summed E-state index contributed by atoms with van der Waals surface area (Å²) in [6.07, 6.45) is 7.10. The standard InChI is InChI=1S/C9H18N2/c1-2-6-10(7-3-1)11-8-4-5-9-11/h1-9H2. The Kier molecular flexibility index (Phi) is 2.44. The first-order chi connectivity index (χ1) is 5.47. The zero-order chi connectivity index (χ0) is 7.52. The van der Waals surface area contributed by atoms with E-state index in [1.165, 1.54) is 58.3 Å². The van der Waals surface area contributed by atoms with E-state index in [2.05, 4.69) is 10.0 Å². The maximum absolute atomic E-state index is 2.57. The maximum atomic E-state index is 2.57. The molecule has 11 heavy (non-hydrogen) atoms. The summed E-state index contributed by atoms with van der Waals surface area (Å²) in [5.74, 6) is 0. The Labute approximate surface area is 69.1 Å². The highest BCUT2D eigenvalue weighted by Crippen LogP contribution is 2.16. The third kappa shape index (κ3) is 1.74. The number of hydrazine groups is 1. The molecule has 0 unspecified atom stereocenters. The second-order valence-electron chi connectivity index (χ2n) is 3.68. The Morgan fingerprint density at radius 2 is 0.818 bits per heavy atom. The lowest BCUT2D eigenvalue weighted by Gasteiger charge is -2.34. The van der Waals surface area contributed by atoms with Crippen molar-refractivity contribution in [3.8, 4) is 0 Å². The van der Waals surface area contributed by atoms with E-state index >= 15 is 0 Å². The van der Waals surface area contributed by atoms with E-state index in [1.807, 2.05) is 0 Å². The molecule has 0 radical (unpaired) electrons. The molecule has 0 spiro atoms. The monoisotopic (exact) mass is 154 g/mol. The van der Waals surface area contributed by atoms with E-state index in [0.29, 0.717) is 0 Å². The number of hydrogen-bond donors (Lipinski definition) is 0. The minimum atomic E-state index is 1.32. The highest BCUT2D eigenvalue weighted by Gasteiger charge is 2.20. The van der Waals surface area contributed by atoms with Crippen LogP contribution in [0.2, 0.25) is 0 Å². The van der Waals surface area contributed by atoms with Gasteiger partial charge in [-0.15, -0.1) is 0 Å². The molecular weight excluding hydrogens is 136 g/mol. The van der Waals surface area contributed by atoms with Crippen LogP contribution in [0.3, 0.4) is 0 Å². The highest BCUT2D eigenvalue weighted by atomic mass is 15.6. The van der Waals surface area contributed by atoms with Gasteiger partial charge >= 0.3 is 0 Å². The fraction of sp³-hybridized carbons (Fsp3) is 1.00. The van der Waals surface area contributed by atoms with Gasteiger partial charge < -0.3 is 0 Å². The second kappa shape index (κ2) is 3.55. The van der Waals surface area contributed by atoms with Crippen LogP contribution in [-0.4, -0.2) is 36.2 Å². The quantitative estimate of drug-likeness (QED) is 0.564. The normalized spacial score (nSPS) is 29.5. The second-order valence-corrected chi connectivity index (χ2v) is 3.68. The van der Waals surface area contributed by atoms with Crippen LogP contribution in [0, 0.1) is 0 Å². The van der Waals surface area contributed by atoms with Gasteiger partial charge in [0.25, 0.3) is 0 Å². The summed E-state index contributed by atoms with van der Waals surface area (Å²) in [5.41, 5.74) is 0. The molecular formula is C9H18N2. The molecule has 0 aromatic heterocycles. The SMILES string of the molecule is C1CCN(N2CCCC2)CC1. The van der Waals surface area contributed by atoms with Gasteiger partial charge in [-0.2, -0.15) is 0 Å². The lowest BCUT2D eigenvalue weighted by atomic mass is 10.2. The molecule has 0 aromatic rings. The van der Waals surface area contributed by atoms with Crippen molar-refractivity contribution in [3.63, 3.8) is 0 Å². The first kappa shape index (κ1) is 7.56. The van der Waals surface area contributed by atoms with E-state index in [4.69, 9.17) is 0 Å². The molecule has 2 rings (SSSR count).